The third kappa shape index (κ3) is 4.67. The van der Waals surface area contributed by atoms with E-state index in [2.05, 4.69) is 29.3 Å². The van der Waals surface area contributed by atoms with Gasteiger partial charge in [0.1, 0.15) is 0 Å². The predicted molar refractivity (Wildman–Crippen MR) is 105 cm³/mol. The van der Waals surface area contributed by atoms with E-state index < -0.39 is 0 Å². The molecule has 2 aromatic rings. The van der Waals surface area contributed by atoms with Gasteiger partial charge in [0.25, 0.3) is 0 Å². The molecule has 3 atom stereocenters. The number of nitrogens with zero attached hydrogens (tertiary/aromatic N) is 2. The van der Waals surface area contributed by atoms with E-state index in [1.807, 2.05) is 31.2 Å². The van der Waals surface area contributed by atoms with Gasteiger partial charge in [0.05, 0.1) is 11.5 Å². The molecular weight excluding hydrogens is 346 g/mol. The van der Waals surface area contributed by atoms with Crippen LogP contribution < -0.4 is 5.32 Å². The molecule has 1 aliphatic rings. The van der Waals surface area contributed by atoms with Gasteiger partial charge in [-0.05, 0) is 30.7 Å². The van der Waals surface area contributed by atoms with Gasteiger partial charge in [0, 0.05) is 11.6 Å². The molecule has 6 heteroatoms. The Morgan fingerprint density at radius 1 is 1.31 bits per heavy atom. The molecule has 0 radical (unpaired) electrons. The molecule has 1 fully saturated rings. The van der Waals surface area contributed by atoms with Gasteiger partial charge >= 0.3 is 0 Å². The van der Waals surface area contributed by atoms with Gasteiger partial charge in [-0.1, -0.05) is 56.1 Å². The molecule has 1 aliphatic carbocycles. The second kappa shape index (κ2) is 8.71. The second-order valence-corrected chi connectivity index (χ2v) is 8.25. The summed E-state index contributed by atoms with van der Waals surface area (Å²) in [5.41, 5.74) is 2.09. The summed E-state index contributed by atoms with van der Waals surface area (Å²) in [5.74, 6) is 3.45. The summed E-state index contributed by atoms with van der Waals surface area (Å²) in [6.07, 6.45) is 3.56. The number of carbonyl (C=O) groups excluding carboxylic acids is 1. The van der Waals surface area contributed by atoms with Crippen LogP contribution in [-0.2, 0) is 10.5 Å². The van der Waals surface area contributed by atoms with Crippen LogP contribution in [0.5, 0.6) is 0 Å². The molecule has 0 saturated heterocycles. The number of benzene rings is 1. The molecule has 3 rings (SSSR count). The van der Waals surface area contributed by atoms with E-state index >= 15 is 0 Å². The maximum absolute atomic E-state index is 12.2. The summed E-state index contributed by atoms with van der Waals surface area (Å²) in [4.78, 5) is 16.7. The highest BCUT2D eigenvalue weighted by Crippen LogP contribution is 2.29. The molecule has 0 bridgehead atoms. The first-order chi connectivity index (χ1) is 12.5. The molecule has 1 saturated carbocycles. The zero-order valence-corrected chi connectivity index (χ0v) is 16.5. The fourth-order valence-corrected chi connectivity index (χ4v) is 4.17. The van der Waals surface area contributed by atoms with Gasteiger partial charge in [-0.3, -0.25) is 4.79 Å². The minimum atomic E-state index is 0.0968. The number of hydrogen-bond acceptors (Lipinski definition) is 5. The number of hydrogen-bond donors (Lipinski definition) is 1. The second-order valence-electron chi connectivity index (χ2n) is 7.26. The van der Waals surface area contributed by atoms with Gasteiger partial charge in [0.2, 0.25) is 17.6 Å². The molecule has 5 nitrogen and oxygen atoms in total. The van der Waals surface area contributed by atoms with Crippen LogP contribution in [0.2, 0.25) is 0 Å². The zero-order chi connectivity index (χ0) is 18.5. The molecule has 140 valence electrons. The number of aromatic nitrogens is 2. The largest absolute Gasteiger partial charge is 0.352 e. The smallest absolute Gasteiger partial charge is 0.236 e. The molecule has 1 amide bonds. The summed E-state index contributed by atoms with van der Waals surface area (Å²) in [6, 6.07) is 8.27. The highest BCUT2D eigenvalue weighted by molar-refractivity contribution is 7.99. The minimum absolute atomic E-state index is 0.0968. The number of rotatable bonds is 6. The summed E-state index contributed by atoms with van der Waals surface area (Å²) < 4.78 is 5.32. The molecule has 3 unspecified atom stereocenters. The number of amides is 1. The van der Waals surface area contributed by atoms with Gasteiger partial charge < -0.3 is 9.84 Å². The summed E-state index contributed by atoms with van der Waals surface area (Å²) in [5, 5.41) is 7.25. The lowest BCUT2D eigenvalue weighted by Gasteiger charge is -2.34. The molecule has 0 spiro atoms. The average molecular weight is 374 g/mol. The Balaban J connectivity index is 1.46. The maximum atomic E-state index is 12.2. The van der Waals surface area contributed by atoms with Crippen LogP contribution in [0.1, 0.15) is 44.6 Å². The van der Waals surface area contributed by atoms with Crippen LogP contribution in [0.15, 0.2) is 28.8 Å². The van der Waals surface area contributed by atoms with Crippen molar-refractivity contribution in [2.75, 3.05) is 5.75 Å². The molecule has 1 aromatic heterocycles. The van der Waals surface area contributed by atoms with Crippen LogP contribution in [0.3, 0.4) is 0 Å². The Labute approximate surface area is 159 Å². The molecule has 0 aliphatic heterocycles. The zero-order valence-electron chi connectivity index (χ0n) is 15.7. The Hall–Kier alpha value is -1.82. The Bertz CT molecular complexity index is 746. The van der Waals surface area contributed by atoms with Crippen LogP contribution in [0, 0.1) is 18.8 Å². The monoisotopic (exact) mass is 373 g/mol. The van der Waals surface area contributed by atoms with Crippen molar-refractivity contribution < 1.29 is 9.32 Å². The fraction of sp³-hybridized carbons (Fsp3) is 0.550. The number of thioether (sulfide) groups is 1. The highest BCUT2D eigenvalue weighted by atomic mass is 32.2. The van der Waals surface area contributed by atoms with Crippen molar-refractivity contribution in [1.82, 2.24) is 15.5 Å². The Kier molecular flexibility index (Phi) is 6.35. The van der Waals surface area contributed by atoms with E-state index in [4.69, 9.17) is 4.52 Å². The normalized spacial score (nSPS) is 23.0. The SMILES string of the molecule is Cc1ccccc1-c1noc(CSCC(=O)NC2CCCC(C)C2C)n1. The first kappa shape index (κ1) is 19.0. The topological polar surface area (TPSA) is 68.0 Å². The van der Waals surface area contributed by atoms with E-state index in [-0.39, 0.29) is 5.91 Å². The first-order valence-corrected chi connectivity index (χ1v) is 10.5. The van der Waals surface area contributed by atoms with Crippen molar-refractivity contribution >= 4 is 17.7 Å². The van der Waals surface area contributed by atoms with Crippen LogP contribution in [0.25, 0.3) is 11.4 Å². The lowest BCUT2D eigenvalue weighted by Crippen LogP contribution is -2.44. The predicted octanol–water partition coefficient (Wildman–Crippen LogP) is 4.22. The van der Waals surface area contributed by atoms with E-state index in [1.165, 1.54) is 24.6 Å². The highest BCUT2D eigenvalue weighted by Gasteiger charge is 2.28. The van der Waals surface area contributed by atoms with Crippen molar-refractivity contribution in [2.24, 2.45) is 11.8 Å². The standard InChI is InChI=1S/C20H27N3O2S/c1-13-8-6-10-17(15(13)3)21-18(24)11-26-12-19-22-20(23-25-19)16-9-5-4-7-14(16)2/h4-5,7,9,13,15,17H,6,8,10-12H2,1-3H3,(H,21,24). The molecule has 1 aromatic carbocycles. The van der Waals surface area contributed by atoms with Crippen LogP contribution >= 0.6 is 11.8 Å². The van der Waals surface area contributed by atoms with Crippen LogP contribution in [-0.4, -0.2) is 27.8 Å². The Morgan fingerprint density at radius 2 is 2.12 bits per heavy atom. The lowest BCUT2D eigenvalue weighted by molar-refractivity contribution is -0.119. The average Bonchev–Trinajstić information content (AvgIpc) is 3.08. The van der Waals surface area contributed by atoms with Crippen molar-refractivity contribution in [3.8, 4) is 11.4 Å². The van der Waals surface area contributed by atoms with Gasteiger partial charge in [-0.25, -0.2) is 0 Å². The lowest BCUT2D eigenvalue weighted by atomic mass is 9.78. The molecule has 1 heterocycles. The Morgan fingerprint density at radius 3 is 2.92 bits per heavy atom. The third-order valence-electron chi connectivity index (χ3n) is 5.37. The van der Waals surface area contributed by atoms with E-state index in [9.17, 15) is 4.79 Å². The number of nitrogens with one attached hydrogen (secondary N) is 1. The van der Waals surface area contributed by atoms with Crippen molar-refractivity contribution in [3.63, 3.8) is 0 Å². The number of aryl methyl sites for hydroxylation is 1. The van der Waals surface area contributed by atoms with Gasteiger partial charge in [0.15, 0.2) is 0 Å². The molecular formula is C20H27N3O2S. The third-order valence-corrected chi connectivity index (χ3v) is 6.28. The van der Waals surface area contributed by atoms with Crippen LogP contribution in [0.4, 0.5) is 0 Å². The summed E-state index contributed by atoms with van der Waals surface area (Å²) in [7, 11) is 0. The first-order valence-electron chi connectivity index (χ1n) is 9.30. The molecule has 26 heavy (non-hydrogen) atoms. The minimum Gasteiger partial charge on any atom is -0.352 e. The quantitative estimate of drug-likeness (QED) is 0.821. The van der Waals surface area contributed by atoms with Gasteiger partial charge in [-0.15, -0.1) is 11.8 Å². The van der Waals surface area contributed by atoms with Crippen molar-refractivity contribution in [3.05, 3.63) is 35.7 Å². The van der Waals surface area contributed by atoms with Crippen molar-refractivity contribution in [2.45, 2.75) is 51.8 Å². The fourth-order valence-electron chi connectivity index (χ4n) is 3.51. The summed E-state index contributed by atoms with van der Waals surface area (Å²) >= 11 is 1.51. The van der Waals surface area contributed by atoms with E-state index in [1.54, 1.807) is 0 Å². The summed E-state index contributed by atoms with van der Waals surface area (Å²) in [6.45, 7) is 6.55. The van der Waals surface area contributed by atoms with Gasteiger partial charge in [-0.2, -0.15) is 4.98 Å². The maximum Gasteiger partial charge on any atom is 0.236 e. The number of carbonyl (C=O) groups is 1. The van der Waals surface area contributed by atoms with E-state index in [0.717, 1.165) is 17.5 Å². The van der Waals surface area contributed by atoms with E-state index in [0.29, 0.717) is 41.1 Å². The van der Waals surface area contributed by atoms with Crippen molar-refractivity contribution in [1.29, 1.82) is 0 Å². The molecule has 1 N–H and O–H groups in total.